The third kappa shape index (κ3) is 2.88. The van der Waals surface area contributed by atoms with Crippen LogP contribution < -0.4 is 4.74 Å². The quantitative estimate of drug-likeness (QED) is 0.916. The summed E-state index contributed by atoms with van der Waals surface area (Å²) < 4.78 is 11.0. The van der Waals surface area contributed by atoms with Crippen molar-refractivity contribution in [3.05, 3.63) is 42.5 Å². The monoisotopic (exact) mass is 258 g/mol. The van der Waals surface area contributed by atoms with Gasteiger partial charge in [0.2, 0.25) is 0 Å². The summed E-state index contributed by atoms with van der Waals surface area (Å²) in [6.45, 7) is 1.71. The average molecular weight is 258 g/mol. The van der Waals surface area contributed by atoms with Gasteiger partial charge in [0.25, 0.3) is 0 Å². The van der Waals surface area contributed by atoms with E-state index in [2.05, 4.69) is 12.1 Å². The van der Waals surface area contributed by atoms with Crippen LogP contribution in [-0.4, -0.2) is 31.0 Å². The van der Waals surface area contributed by atoms with Gasteiger partial charge in [-0.2, -0.15) is 0 Å². The van der Waals surface area contributed by atoms with Crippen molar-refractivity contribution in [2.24, 2.45) is 5.92 Å². The number of hydrogen-bond acceptors (Lipinski definition) is 3. The Kier molecular flexibility index (Phi) is 3.67. The molecule has 1 aliphatic heterocycles. The fraction of sp³-hybridized carbons (Fsp3) is 0.375. The minimum atomic E-state index is -0.450. The summed E-state index contributed by atoms with van der Waals surface area (Å²) in [7, 11) is 0. The Morgan fingerprint density at radius 1 is 1.21 bits per heavy atom. The molecule has 1 N–H and O–H groups in total. The van der Waals surface area contributed by atoms with Crippen LogP contribution in [-0.2, 0) is 4.74 Å². The van der Waals surface area contributed by atoms with Gasteiger partial charge in [0.15, 0.2) is 0 Å². The van der Waals surface area contributed by atoms with Crippen molar-refractivity contribution in [3.63, 3.8) is 0 Å². The van der Waals surface area contributed by atoms with Crippen LogP contribution in [0.3, 0.4) is 0 Å². The first-order valence-corrected chi connectivity index (χ1v) is 6.70. The molecule has 0 spiro atoms. The van der Waals surface area contributed by atoms with E-state index >= 15 is 0 Å². The van der Waals surface area contributed by atoms with Gasteiger partial charge in [0.05, 0.1) is 12.7 Å². The second kappa shape index (κ2) is 5.59. The molecule has 3 rings (SSSR count). The van der Waals surface area contributed by atoms with E-state index in [4.69, 9.17) is 9.47 Å². The zero-order valence-electron chi connectivity index (χ0n) is 10.8. The minimum absolute atomic E-state index is 0.209. The van der Waals surface area contributed by atoms with Crippen molar-refractivity contribution in [3.8, 4) is 5.75 Å². The summed E-state index contributed by atoms with van der Waals surface area (Å²) in [5.41, 5.74) is 0. The Labute approximate surface area is 112 Å². The zero-order chi connectivity index (χ0) is 13.1. The van der Waals surface area contributed by atoms with Gasteiger partial charge in [-0.05, 0) is 29.3 Å². The Hall–Kier alpha value is -1.58. The second-order valence-electron chi connectivity index (χ2n) is 5.01. The molecule has 0 bridgehead atoms. The van der Waals surface area contributed by atoms with Crippen LogP contribution in [0.15, 0.2) is 42.5 Å². The SMILES string of the molecule is OC(COc1ccc2ccccc2c1)C1CCOC1. The molecule has 0 aromatic heterocycles. The Balaban J connectivity index is 1.64. The van der Waals surface area contributed by atoms with Gasteiger partial charge in [0, 0.05) is 12.5 Å². The molecule has 19 heavy (non-hydrogen) atoms. The minimum Gasteiger partial charge on any atom is -0.491 e. The molecule has 0 saturated carbocycles. The van der Waals surface area contributed by atoms with E-state index in [-0.39, 0.29) is 5.92 Å². The van der Waals surface area contributed by atoms with E-state index in [1.807, 2.05) is 30.3 Å². The first kappa shape index (κ1) is 12.5. The lowest BCUT2D eigenvalue weighted by atomic mass is 10.0. The van der Waals surface area contributed by atoms with Gasteiger partial charge in [-0.1, -0.05) is 30.3 Å². The van der Waals surface area contributed by atoms with Crippen molar-refractivity contribution in [2.45, 2.75) is 12.5 Å². The molecule has 2 aromatic carbocycles. The molecule has 2 atom stereocenters. The van der Waals surface area contributed by atoms with Crippen molar-refractivity contribution < 1.29 is 14.6 Å². The fourth-order valence-electron chi connectivity index (χ4n) is 2.43. The van der Waals surface area contributed by atoms with Gasteiger partial charge < -0.3 is 14.6 Å². The van der Waals surface area contributed by atoms with Gasteiger partial charge in [-0.25, -0.2) is 0 Å². The molecule has 1 aliphatic rings. The van der Waals surface area contributed by atoms with Gasteiger partial charge >= 0.3 is 0 Å². The molecule has 0 radical (unpaired) electrons. The molecule has 100 valence electrons. The summed E-state index contributed by atoms with van der Waals surface area (Å²) in [4.78, 5) is 0. The fourth-order valence-corrected chi connectivity index (χ4v) is 2.43. The molecule has 3 nitrogen and oxygen atoms in total. The molecule has 2 unspecified atom stereocenters. The summed E-state index contributed by atoms with van der Waals surface area (Å²) in [5.74, 6) is 1.01. The van der Waals surface area contributed by atoms with Crippen LogP contribution in [0.2, 0.25) is 0 Å². The lowest BCUT2D eigenvalue weighted by Crippen LogP contribution is -2.27. The van der Waals surface area contributed by atoms with Crippen molar-refractivity contribution in [1.29, 1.82) is 0 Å². The summed E-state index contributed by atoms with van der Waals surface area (Å²) in [5, 5.41) is 12.4. The van der Waals surface area contributed by atoms with E-state index in [1.165, 1.54) is 5.39 Å². The third-order valence-electron chi connectivity index (χ3n) is 3.65. The normalized spacial score (nSPS) is 20.6. The second-order valence-corrected chi connectivity index (χ2v) is 5.01. The Bertz CT molecular complexity index is 546. The highest BCUT2D eigenvalue weighted by Gasteiger charge is 2.24. The first-order valence-electron chi connectivity index (χ1n) is 6.70. The maximum Gasteiger partial charge on any atom is 0.120 e. The first-order chi connectivity index (χ1) is 9.33. The third-order valence-corrected chi connectivity index (χ3v) is 3.65. The number of aliphatic hydroxyl groups excluding tert-OH is 1. The Morgan fingerprint density at radius 3 is 2.84 bits per heavy atom. The summed E-state index contributed by atoms with van der Waals surface area (Å²) >= 11 is 0. The lowest BCUT2D eigenvalue weighted by Gasteiger charge is -2.17. The van der Waals surface area contributed by atoms with Crippen LogP contribution in [0, 0.1) is 5.92 Å². The van der Waals surface area contributed by atoms with E-state index < -0.39 is 6.10 Å². The molecular formula is C16H18O3. The maximum atomic E-state index is 10.0. The van der Waals surface area contributed by atoms with E-state index in [9.17, 15) is 5.11 Å². The number of ether oxygens (including phenoxy) is 2. The van der Waals surface area contributed by atoms with E-state index in [0.29, 0.717) is 13.2 Å². The van der Waals surface area contributed by atoms with Gasteiger partial charge in [-0.3, -0.25) is 0 Å². The van der Waals surface area contributed by atoms with Crippen LogP contribution in [0.4, 0.5) is 0 Å². The highest BCUT2D eigenvalue weighted by atomic mass is 16.5. The summed E-state index contributed by atoms with van der Waals surface area (Å²) in [6, 6.07) is 14.2. The smallest absolute Gasteiger partial charge is 0.120 e. The van der Waals surface area contributed by atoms with Crippen LogP contribution in [0.25, 0.3) is 10.8 Å². The van der Waals surface area contributed by atoms with E-state index in [0.717, 1.165) is 24.2 Å². The van der Waals surface area contributed by atoms with Crippen molar-refractivity contribution >= 4 is 10.8 Å². The largest absolute Gasteiger partial charge is 0.491 e. The zero-order valence-corrected chi connectivity index (χ0v) is 10.8. The number of benzene rings is 2. The van der Waals surface area contributed by atoms with E-state index in [1.54, 1.807) is 0 Å². The molecule has 3 heteroatoms. The summed E-state index contributed by atoms with van der Waals surface area (Å²) in [6.07, 6.45) is 0.469. The highest BCUT2D eigenvalue weighted by molar-refractivity contribution is 5.83. The van der Waals surface area contributed by atoms with Crippen molar-refractivity contribution in [2.75, 3.05) is 19.8 Å². The maximum absolute atomic E-state index is 10.0. The highest BCUT2D eigenvalue weighted by Crippen LogP contribution is 2.22. The Morgan fingerprint density at radius 2 is 2.05 bits per heavy atom. The predicted octanol–water partition coefficient (Wildman–Crippen LogP) is 2.62. The molecule has 1 fully saturated rings. The number of hydrogen-bond donors (Lipinski definition) is 1. The molecular weight excluding hydrogens is 240 g/mol. The molecule has 0 aliphatic carbocycles. The number of rotatable bonds is 4. The van der Waals surface area contributed by atoms with Crippen molar-refractivity contribution in [1.82, 2.24) is 0 Å². The van der Waals surface area contributed by atoms with Gasteiger partial charge in [-0.15, -0.1) is 0 Å². The van der Waals surface area contributed by atoms with Crippen LogP contribution in [0.1, 0.15) is 6.42 Å². The predicted molar refractivity (Wildman–Crippen MR) is 74.4 cm³/mol. The topological polar surface area (TPSA) is 38.7 Å². The van der Waals surface area contributed by atoms with Crippen LogP contribution >= 0.6 is 0 Å². The van der Waals surface area contributed by atoms with Gasteiger partial charge in [0.1, 0.15) is 12.4 Å². The number of fused-ring (bicyclic) bond motifs is 1. The number of aliphatic hydroxyl groups is 1. The molecule has 1 saturated heterocycles. The molecule has 2 aromatic rings. The molecule has 0 amide bonds. The van der Waals surface area contributed by atoms with Crippen LogP contribution in [0.5, 0.6) is 5.75 Å². The lowest BCUT2D eigenvalue weighted by molar-refractivity contribution is 0.0500. The standard InChI is InChI=1S/C16H18O3/c17-16(14-7-8-18-10-14)11-19-15-6-5-12-3-1-2-4-13(12)9-15/h1-6,9,14,16-17H,7-8,10-11H2. The molecule has 1 heterocycles. The average Bonchev–Trinajstić information content (AvgIpc) is 2.99.